The molecule has 0 spiro atoms. The molecule has 0 aliphatic carbocycles. The van der Waals surface area contributed by atoms with Gasteiger partial charge in [0, 0.05) is 21.7 Å². The number of hydrogen-bond acceptors (Lipinski definition) is 3. The maximum Gasteiger partial charge on any atom is 0.113 e. The van der Waals surface area contributed by atoms with Crippen molar-refractivity contribution in [2.24, 2.45) is 0 Å². The molecule has 0 saturated carbocycles. The van der Waals surface area contributed by atoms with Crippen molar-refractivity contribution in [1.29, 1.82) is 5.26 Å². The van der Waals surface area contributed by atoms with Crippen molar-refractivity contribution < 1.29 is 0 Å². The van der Waals surface area contributed by atoms with E-state index < -0.39 is 5.54 Å². The van der Waals surface area contributed by atoms with Crippen molar-refractivity contribution in [1.82, 2.24) is 5.32 Å². The molecule has 0 fully saturated rings. The van der Waals surface area contributed by atoms with Crippen LogP contribution >= 0.6 is 35.0 Å². The molecule has 0 saturated heterocycles. The van der Waals surface area contributed by atoms with Crippen LogP contribution in [0.25, 0.3) is 0 Å². The van der Waals surface area contributed by atoms with E-state index >= 15 is 0 Å². The van der Waals surface area contributed by atoms with Crippen LogP contribution in [0.4, 0.5) is 0 Å². The van der Waals surface area contributed by atoms with E-state index in [4.69, 9.17) is 23.2 Å². The Morgan fingerprint density at radius 3 is 2.67 bits per heavy atom. The van der Waals surface area contributed by atoms with Gasteiger partial charge in [0.2, 0.25) is 0 Å². The van der Waals surface area contributed by atoms with Gasteiger partial charge in [0.05, 0.1) is 11.1 Å². The summed E-state index contributed by atoms with van der Waals surface area (Å²) in [4.78, 5) is 0.899. The highest BCUT2D eigenvalue weighted by atomic mass is 35.5. The molecule has 1 rings (SSSR count). The van der Waals surface area contributed by atoms with Crippen molar-refractivity contribution in [2.75, 3.05) is 5.75 Å². The molecule has 98 valence electrons. The lowest BCUT2D eigenvalue weighted by Gasteiger charge is -2.25. The van der Waals surface area contributed by atoms with Gasteiger partial charge in [-0.2, -0.15) is 5.26 Å². The Morgan fingerprint density at radius 2 is 2.11 bits per heavy atom. The average Bonchev–Trinajstić information content (AvgIpc) is 2.29. The number of nitriles is 1. The number of rotatable bonds is 5. The van der Waals surface area contributed by atoms with Crippen molar-refractivity contribution in [3.8, 4) is 6.07 Å². The first-order chi connectivity index (χ1) is 8.36. The maximum absolute atomic E-state index is 9.25. The predicted molar refractivity (Wildman–Crippen MR) is 79.5 cm³/mol. The summed E-state index contributed by atoms with van der Waals surface area (Å²) in [7, 11) is 0. The Labute approximate surface area is 123 Å². The third-order valence-corrected chi connectivity index (χ3v) is 4.31. The minimum atomic E-state index is -0.579. The van der Waals surface area contributed by atoms with Gasteiger partial charge in [0.15, 0.2) is 0 Å². The standard InChI is InChI=1S/C13H16Cl2N2S/c1-9(2)17-13(3,7-16)8-18-12-6-10(14)4-5-11(12)15/h4-6,9,17H,8H2,1-3H3. The van der Waals surface area contributed by atoms with Gasteiger partial charge in [0.25, 0.3) is 0 Å². The molecule has 0 aliphatic rings. The summed E-state index contributed by atoms with van der Waals surface area (Å²) in [6, 6.07) is 7.91. The fourth-order valence-corrected chi connectivity index (χ4v) is 3.08. The second-order valence-corrected chi connectivity index (χ2v) is 6.47. The van der Waals surface area contributed by atoms with Crippen molar-refractivity contribution in [3.05, 3.63) is 28.2 Å². The maximum atomic E-state index is 9.25. The van der Waals surface area contributed by atoms with Gasteiger partial charge in [-0.1, -0.05) is 23.2 Å². The summed E-state index contributed by atoms with van der Waals surface area (Å²) in [6.45, 7) is 5.93. The quantitative estimate of drug-likeness (QED) is 0.821. The van der Waals surface area contributed by atoms with Crippen LogP contribution in [0, 0.1) is 11.3 Å². The Balaban J connectivity index is 2.74. The minimum absolute atomic E-state index is 0.255. The molecule has 0 bridgehead atoms. The zero-order valence-electron chi connectivity index (χ0n) is 10.6. The number of hydrogen-bond donors (Lipinski definition) is 1. The molecule has 1 unspecified atom stereocenters. The first-order valence-corrected chi connectivity index (χ1v) is 7.37. The van der Waals surface area contributed by atoms with E-state index in [2.05, 4.69) is 11.4 Å². The van der Waals surface area contributed by atoms with Crippen LogP contribution in [0.2, 0.25) is 10.0 Å². The lowest BCUT2D eigenvalue weighted by atomic mass is 10.1. The second kappa shape index (κ2) is 6.68. The summed E-state index contributed by atoms with van der Waals surface area (Å²) in [5, 5.41) is 13.8. The smallest absolute Gasteiger partial charge is 0.113 e. The van der Waals surface area contributed by atoms with Gasteiger partial charge in [-0.3, -0.25) is 5.32 Å². The van der Waals surface area contributed by atoms with Crippen LogP contribution in [0.5, 0.6) is 0 Å². The topological polar surface area (TPSA) is 35.8 Å². The fourth-order valence-electron chi connectivity index (χ4n) is 1.55. The van der Waals surface area contributed by atoms with Gasteiger partial charge in [-0.25, -0.2) is 0 Å². The molecule has 0 aromatic heterocycles. The number of benzene rings is 1. The highest BCUT2D eigenvalue weighted by Crippen LogP contribution is 2.31. The molecule has 0 radical (unpaired) electrons. The van der Waals surface area contributed by atoms with E-state index in [0.717, 1.165) is 4.90 Å². The van der Waals surface area contributed by atoms with Crippen LogP contribution < -0.4 is 5.32 Å². The van der Waals surface area contributed by atoms with E-state index in [0.29, 0.717) is 15.8 Å². The lowest BCUT2D eigenvalue weighted by molar-refractivity contribution is 0.443. The molecule has 0 amide bonds. The molecule has 0 heterocycles. The third kappa shape index (κ3) is 4.70. The molecular formula is C13H16Cl2N2S. The van der Waals surface area contributed by atoms with Crippen LogP contribution in [-0.2, 0) is 0 Å². The molecule has 0 aliphatic heterocycles. The number of nitrogens with one attached hydrogen (secondary N) is 1. The zero-order valence-corrected chi connectivity index (χ0v) is 13.0. The third-order valence-electron chi connectivity index (χ3n) is 2.26. The van der Waals surface area contributed by atoms with Gasteiger partial charge in [0.1, 0.15) is 5.54 Å². The Bertz CT molecular complexity index is 457. The van der Waals surface area contributed by atoms with Gasteiger partial charge < -0.3 is 0 Å². The largest absolute Gasteiger partial charge is 0.297 e. The molecule has 1 aromatic rings. The molecule has 2 nitrogen and oxygen atoms in total. The van der Waals surface area contributed by atoms with Crippen LogP contribution in [-0.4, -0.2) is 17.3 Å². The SMILES string of the molecule is CC(C)NC(C)(C#N)CSc1cc(Cl)ccc1Cl. The van der Waals surface area contributed by atoms with Gasteiger partial charge in [-0.15, -0.1) is 11.8 Å². The lowest BCUT2D eigenvalue weighted by Crippen LogP contribution is -2.47. The normalized spacial score (nSPS) is 14.3. The summed E-state index contributed by atoms with van der Waals surface area (Å²) in [5.41, 5.74) is -0.579. The van der Waals surface area contributed by atoms with Crippen LogP contribution in [0.15, 0.2) is 23.1 Å². The minimum Gasteiger partial charge on any atom is -0.297 e. The summed E-state index contributed by atoms with van der Waals surface area (Å²) >= 11 is 13.6. The van der Waals surface area contributed by atoms with E-state index in [1.54, 1.807) is 12.1 Å². The monoisotopic (exact) mass is 302 g/mol. The summed E-state index contributed by atoms with van der Waals surface area (Å²) in [6.07, 6.45) is 0. The number of nitrogens with zero attached hydrogens (tertiary/aromatic N) is 1. The summed E-state index contributed by atoms with van der Waals surface area (Å²) in [5.74, 6) is 0.613. The van der Waals surface area contributed by atoms with Crippen molar-refractivity contribution in [3.63, 3.8) is 0 Å². The molecule has 5 heteroatoms. The first kappa shape index (κ1) is 15.7. The Hall–Kier alpha value is -0.400. The molecular weight excluding hydrogens is 287 g/mol. The highest BCUT2D eigenvalue weighted by molar-refractivity contribution is 7.99. The van der Waals surface area contributed by atoms with E-state index in [1.165, 1.54) is 11.8 Å². The highest BCUT2D eigenvalue weighted by Gasteiger charge is 2.24. The second-order valence-electron chi connectivity index (χ2n) is 4.61. The van der Waals surface area contributed by atoms with Gasteiger partial charge >= 0.3 is 0 Å². The number of halogens is 2. The first-order valence-electron chi connectivity index (χ1n) is 5.63. The molecule has 1 N–H and O–H groups in total. The van der Waals surface area contributed by atoms with Crippen molar-refractivity contribution >= 4 is 35.0 Å². The Morgan fingerprint density at radius 1 is 1.44 bits per heavy atom. The van der Waals surface area contributed by atoms with E-state index in [-0.39, 0.29) is 6.04 Å². The summed E-state index contributed by atoms with van der Waals surface area (Å²) < 4.78 is 0. The van der Waals surface area contributed by atoms with Crippen LogP contribution in [0.1, 0.15) is 20.8 Å². The predicted octanol–water partition coefficient (Wildman–Crippen LogP) is 4.37. The fraction of sp³-hybridized carbons (Fsp3) is 0.462. The van der Waals surface area contributed by atoms with Crippen LogP contribution in [0.3, 0.4) is 0 Å². The van der Waals surface area contributed by atoms with E-state index in [1.807, 2.05) is 26.8 Å². The Kier molecular flexibility index (Phi) is 5.81. The number of thioether (sulfide) groups is 1. The molecule has 1 aromatic carbocycles. The molecule has 18 heavy (non-hydrogen) atoms. The average molecular weight is 303 g/mol. The molecule has 1 atom stereocenters. The van der Waals surface area contributed by atoms with Gasteiger partial charge in [-0.05, 0) is 39.0 Å². The van der Waals surface area contributed by atoms with E-state index in [9.17, 15) is 5.26 Å². The van der Waals surface area contributed by atoms with Crippen molar-refractivity contribution in [2.45, 2.75) is 37.2 Å². The zero-order chi connectivity index (χ0) is 13.8.